The Morgan fingerprint density at radius 3 is 2.47 bits per heavy atom. The minimum Gasteiger partial charge on any atom is -0.457 e. The second-order valence-electron chi connectivity index (χ2n) is 10.8. The fourth-order valence-corrected chi connectivity index (χ4v) is 6.26. The molecule has 0 atom stereocenters. The van der Waals surface area contributed by atoms with Gasteiger partial charge in [0.25, 0.3) is 5.91 Å². The van der Waals surface area contributed by atoms with E-state index >= 15 is 0 Å². The molecule has 0 saturated carbocycles. The number of piperazine rings is 1. The summed E-state index contributed by atoms with van der Waals surface area (Å²) in [4.78, 5) is 39.7. The first-order valence-electron chi connectivity index (χ1n) is 14.4. The summed E-state index contributed by atoms with van der Waals surface area (Å²) in [6, 6.07) is 14.9. The highest BCUT2D eigenvalue weighted by Gasteiger charge is 2.22. The van der Waals surface area contributed by atoms with Crippen LogP contribution in [0.2, 0.25) is 0 Å². The van der Waals surface area contributed by atoms with Gasteiger partial charge in [-0.2, -0.15) is 0 Å². The van der Waals surface area contributed by atoms with Crippen LogP contribution < -0.4 is 10.1 Å². The highest BCUT2D eigenvalue weighted by atomic mass is 32.2. The number of methoxy groups -OCH3 is 1. The maximum atomic E-state index is 13.5. The fraction of sp³-hybridized carbons (Fsp3) is 0.312. The number of hydrogen-bond acceptors (Lipinski definition) is 10. The molecule has 0 radical (unpaired) electrons. The number of benzene rings is 2. The highest BCUT2D eigenvalue weighted by Crippen LogP contribution is 2.31. The van der Waals surface area contributed by atoms with Crippen molar-refractivity contribution < 1.29 is 27.5 Å². The second kappa shape index (κ2) is 14.3. The van der Waals surface area contributed by atoms with E-state index in [1.807, 2.05) is 24.0 Å². The molecule has 1 aliphatic heterocycles. The van der Waals surface area contributed by atoms with Crippen molar-refractivity contribution in [1.29, 1.82) is 0 Å². The van der Waals surface area contributed by atoms with E-state index in [9.17, 15) is 18.0 Å². The number of rotatable bonds is 11. The molecule has 1 saturated heterocycles. The van der Waals surface area contributed by atoms with E-state index in [-0.39, 0.29) is 17.2 Å². The summed E-state index contributed by atoms with van der Waals surface area (Å²) in [5, 5.41) is 5.01. The zero-order valence-electron chi connectivity index (χ0n) is 25.4. The number of hydrogen-bond donors (Lipinski definition) is 1. The van der Waals surface area contributed by atoms with Crippen molar-refractivity contribution in [2.75, 3.05) is 58.0 Å². The number of carbonyl (C=O) groups is 2. The van der Waals surface area contributed by atoms with Crippen molar-refractivity contribution in [3.8, 4) is 22.8 Å². The number of aryl methyl sites for hydroxylation is 1. The first-order valence-corrected chi connectivity index (χ1v) is 17.2. The van der Waals surface area contributed by atoms with Gasteiger partial charge in [0, 0.05) is 68.8 Å². The summed E-state index contributed by atoms with van der Waals surface area (Å²) < 4.78 is 34.9. The third-order valence-corrected chi connectivity index (χ3v) is 9.32. The lowest BCUT2D eigenvalue weighted by Gasteiger charge is -2.34. The standard InChI is InChI=1S/C32H35N5O6S2/c1-22-5-4-10-33-30(22)23-17-24(19-27(18-23)43-26-6-8-28(9-7-26)45(3,40)41)31(39)35-32-34-25(21-44-32)20-29(38)37-13-11-36(12-14-37)15-16-42-2/h4-10,17-19,21H,11-16,20H2,1-3H3,(H,34,35,39). The summed E-state index contributed by atoms with van der Waals surface area (Å²) >= 11 is 1.26. The molecule has 3 heterocycles. The zero-order chi connectivity index (χ0) is 32.0. The SMILES string of the molecule is COCCN1CCN(C(=O)Cc2csc(NC(=O)c3cc(Oc4ccc(S(C)(=O)=O)cc4)cc(-c4ncccc4C)c3)n2)CC1. The normalized spacial score (nSPS) is 13.9. The van der Waals surface area contributed by atoms with E-state index in [0.717, 1.165) is 31.5 Å². The van der Waals surface area contributed by atoms with E-state index < -0.39 is 15.7 Å². The quantitative estimate of drug-likeness (QED) is 0.253. The van der Waals surface area contributed by atoms with Crippen LogP contribution in [0.4, 0.5) is 5.13 Å². The smallest absolute Gasteiger partial charge is 0.257 e. The van der Waals surface area contributed by atoms with Gasteiger partial charge in [-0.1, -0.05) is 6.07 Å². The molecule has 0 bridgehead atoms. The predicted molar refractivity (Wildman–Crippen MR) is 173 cm³/mol. The van der Waals surface area contributed by atoms with Gasteiger partial charge >= 0.3 is 0 Å². The Labute approximate surface area is 266 Å². The lowest BCUT2D eigenvalue weighted by Crippen LogP contribution is -2.49. The first kappa shape index (κ1) is 32.2. The third-order valence-electron chi connectivity index (χ3n) is 7.38. The molecule has 11 nitrogen and oxygen atoms in total. The topological polar surface area (TPSA) is 131 Å². The summed E-state index contributed by atoms with van der Waals surface area (Å²) in [7, 11) is -1.67. The molecule has 2 aromatic carbocycles. The monoisotopic (exact) mass is 649 g/mol. The predicted octanol–water partition coefficient (Wildman–Crippen LogP) is 4.29. The zero-order valence-corrected chi connectivity index (χ0v) is 27.0. The molecule has 5 rings (SSSR count). The number of nitrogens with zero attached hydrogens (tertiary/aromatic N) is 4. The van der Waals surface area contributed by atoms with Gasteiger partial charge in [-0.3, -0.25) is 24.8 Å². The minimum atomic E-state index is -3.35. The molecule has 2 aromatic heterocycles. The van der Waals surface area contributed by atoms with Crippen LogP contribution in [0.5, 0.6) is 11.5 Å². The summed E-state index contributed by atoms with van der Waals surface area (Å²) in [6.45, 7) is 6.39. The maximum Gasteiger partial charge on any atom is 0.257 e. The highest BCUT2D eigenvalue weighted by molar-refractivity contribution is 7.90. The number of aromatic nitrogens is 2. The first-order chi connectivity index (χ1) is 21.6. The molecule has 1 N–H and O–H groups in total. The molecule has 1 fully saturated rings. The van der Waals surface area contributed by atoms with Crippen LogP contribution in [0.1, 0.15) is 21.6 Å². The van der Waals surface area contributed by atoms with Gasteiger partial charge in [-0.05, 0) is 61.0 Å². The van der Waals surface area contributed by atoms with Crippen LogP contribution in [-0.2, 0) is 25.8 Å². The number of thiazole rings is 1. The van der Waals surface area contributed by atoms with Gasteiger partial charge < -0.3 is 14.4 Å². The Kier molecular flexibility index (Phi) is 10.2. The molecule has 0 aliphatic carbocycles. The van der Waals surface area contributed by atoms with Crippen LogP contribution >= 0.6 is 11.3 Å². The number of sulfone groups is 1. The van der Waals surface area contributed by atoms with Crippen molar-refractivity contribution in [2.45, 2.75) is 18.2 Å². The van der Waals surface area contributed by atoms with Crippen LogP contribution in [0, 0.1) is 6.92 Å². The number of pyridine rings is 1. The van der Waals surface area contributed by atoms with Crippen molar-refractivity contribution in [3.05, 3.63) is 83.0 Å². The van der Waals surface area contributed by atoms with E-state index in [4.69, 9.17) is 9.47 Å². The summed E-state index contributed by atoms with van der Waals surface area (Å²) in [5.74, 6) is 0.397. The Balaban J connectivity index is 1.29. The lowest BCUT2D eigenvalue weighted by atomic mass is 10.0. The Morgan fingerprint density at radius 1 is 1.02 bits per heavy atom. The van der Waals surface area contributed by atoms with Crippen LogP contribution in [0.3, 0.4) is 0 Å². The molecule has 2 amide bonds. The molecule has 45 heavy (non-hydrogen) atoms. The van der Waals surface area contributed by atoms with Crippen molar-refractivity contribution in [1.82, 2.24) is 19.8 Å². The molecule has 4 aromatic rings. The number of carbonyl (C=O) groups excluding carboxylic acids is 2. The summed E-state index contributed by atoms with van der Waals surface area (Å²) in [6.07, 6.45) is 2.98. The van der Waals surface area contributed by atoms with Crippen LogP contribution in [-0.4, -0.2) is 92.7 Å². The molecule has 0 spiro atoms. The van der Waals surface area contributed by atoms with Gasteiger partial charge in [0.2, 0.25) is 5.91 Å². The Bertz CT molecular complexity index is 1770. The molecular weight excluding hydrogens is 615 g/mol. The Hall–Kier alpha value is -4.17. The van der Waals surface area contributed by atoms with Gasteiger partial charge in [-0.15, -0.1) is 11.3 Å². The fourth-order valence-electron chi connectivity index (χ4n) is 4.93. The van der Waals surface area contributed by atoms with Crippen molar-refractivity contribution in [2.24, 2.45) is 0 Å². The van der Waals surface area contributed by atoms with E-state index in [0.29, 0.717) is 58.8 Å². The van der Waals surface area contributed by atoms with E-state index in [1.165, 1.54) is 23.5 Å². The number of anilines is 1. The minimum absolute atomic E-state index is 0.00867. The van der Waals surface area contributed by atoms with Crippen LogP contribution in [0.25, 0.3) is 11.3 Å². The average Bonchev–Trinajstić information content (AvgIpc) is 3.46. The molecule has 0 unspecified atom stereocenters. The lowest BCUT2D eigenvalue weighted by molar-refractivity contribution is -0.132. The molecular formula is C32H35N5O6S2. The number of nitrogens with one attached hydrogen (secondary N) is 1. The third kappa shape index (κ3) is 8.51. The molecule has 13 heteroatoms. The summed E-state index contributed by atoms with van der Waals surface area (Å²) in [5.41, 5.74) is 3.21. The van der Waals surface area contributed by atoms with Gasteiger partial charge in [0.05, 0.1) is 29.3 Å². The number of ether oxygens (including phenoxy) is 2. The largest absolute Gasteiger partial charge is 0.457 e. The van der Waals surface area contributed by atoms with Crippen LogP contribution in [0.15, 0.2) is 71.1 Å². The van der Waals surface area contributed by atoms with Gasteiger partial charge in [-0.25, -0.2) is 13.4 Å². The Morgan fingerprint density at radius 2 is 1.78 bits per heavy atom. The molecule has 1 aliphatic rings. The molecule has 236 valence electrons. The average molecular weight is 650 g/mol. The maximum absolute atomic E-state index is 13.5. The number of amides is 2. The van der Waals surface area contributed by atoms with Gasteiger partial charge in [0.15, 0.2) is 15.0 Å². The van der Waals surface area contributed by atoms with Gasteiger partial charge in [0.1, 0.15) is 11.5 Å². The second-order valence-corrected chi connectivity index (χ2v) is 13.6. The van der Waals surface area contributed by atoms with E-state index in [1.54, 1.807) is 49.0 Å². The van der Waals surface area contributed by atoms with E-state index in [2.05, 4.69) is 20.2 Å². The van der Waals surface area contributed by atoms with Crippen molar-refractivity contribution >= 4 is 38.1 Å². The van der Waals surface area contributed by atoms with Crippen molar-refractivity contribution in [3.63, 3.8) is 0 Å².